The summed E-state index contributed by atoms with van der Waals surface area (Å²) in [6.07, 6.45) is -2.42. The number of nitrogens with one attached hydrogen (secondary N) is 3. The van der Waals surface area contributed by atoms with Gasteiger partial charge in [-0.05, 0) is 55.9 Å². The van der Waals surface area contributed by atoms with Gasteiger partial charge in [-0.25, -0.2) is 15.0 Å². The lowest BCUT2D eigenvalue weighted by Gasteiger charge is -2.21. The Bertz CT molecular complexity index is 1040. The van der Waals surface area contributed by atoms with E-state index in [4.69, 9.17) is 9.47 Å². The largest absolute Gasteiger partial charge is 0.480 e. The monoisotopic (exact) mass is 499 g/mol. The predicted octanol–water partition coefficient (Wildman–Crippen LogP) is 3.15. The summed E-state index contributed by atoms with van der Waals surface area (Å²) in [5.74, 6) is -1.33. The number of carbonyl (C=O) groups excluding carboxylic acids is 2. The van der Waals surface area contributed by atoms with Crippen molar-refractivity contribution in [3.8, 4) is 11.1 Å². The van der Waals surface area contributed by atoms with Gasteiger partial charge in [0.15, 0.2) is 0 Å². The molecule has 1 aliphatic rings. The van der Waals surface area contributed by atoms with Crippen molar-refractivity contribution in [2.75, 3.05) is 13.2 Å². The van der Waals surface area contributed by atoms with Crippen LogP contribution in [0.15, 0.2) is 48.5 Å². The number of alkyl carbamates (subject to hydrolysis) is 1. The van der Waals surface area contributed by atoms with Gasteiger partial charge in [0.25, 0.3) is 0 Å². The number of aliphatic hydroxyl groups excluding tert-OH is 1. The fraction of sp³-hybridized carbons (Fsp3) is 0.423. The topological polar surface area (TPSA) is 146 Å². The number of amides is 2. The highest BCUT2D eigenvalue weighted by molar-refractivity contribution is 5.79. The Balaban J connectivity index is 1.44. The molecular formula is C26H33N3O7. The number of hydrogen-bond donors (Lipinski definition) is 5. The number of carboxylic acids is 1. The van der Waals surface area contributed by atoms with Gasteiger partial charge in [-0.3, -0.25) is 10.2 Å². The van der Waals surface area contributed by atoms with Crippen molar-refractivity contribution in [3.05, 3.63) is 59.7 Å². The van der Waals surface area contributed by atoms with E-state index >= 15 is 0 Å². The van der Waals surface area contributed by atoms with Crippen LogP contribution in [0.1, 0.15) is 50.7 Å². The summed E-state index contributed by atoms with van der Waals surface area (Å²) < 4.78 is 10.5. The SMILES string of the molecule is CC(C)(C)OC(=O)NC[C@H](O)CC[C@H](NNC(=O)OCC1c2ccccc2-c2ccccc21)C(=O)O. The number of carboxylic acid groups (broad SMARTS) is 1. The van der Waals surface area contributed by atoms with Crippen LogP contribution in [0, 0.1) is 0 Å². The molecule has 0 heterocycles. The first-order valence-corrected chi connectivity index (χ1v) is 11.8. The Labute approximate surface area is 210 Å². The minimum Gasteiger partial charge on any atom is -0.480 e. The molecule has 2 amide bonds. The van der Waals surface area contributed by atoms with Crippen LogP contribution in [0.2, 0.25) is 0 Å². The van der Waals surface area contributed by atoms with E-state index in [0.29, 0.717) is 0 Å². The van der Waals surface area contributed by atoms with Crippen LogP contribution in [0.3, 0.4) is 0 Å². The molecule has 194 valence electrons. The zero-order valence-corrected chi connectivity index (χ0v) is 20.6. The first-order valence-electron chi connectivity index (χ1n) is 11.8. The maximum absolute atomic E-state index is 12.3. The van der Waals surface area contributed by atoms with E-state index in [1.54, 1.807) is 20.8 Å². The second-order valence-electron chi connectivity index (χ2n) is 9.60. The van der Waals surface area contributed by atoms with Crippen molar-refractivity contribution in [2.24, 2.45) is 0 Å². The Morgan fingerprint density at radius 2 is 1.53 bits per heavy atom. The molecule has 0 fully saturated rings. The molecule has 2 aromatic carbocycles. The highest BCUT2D eigenvalue weighted by Crippen LogP contribution is 2.44. The molecule has 2 atom stereocenters. The van der Waals surface area contributed by atoms with Crippen LogP contribution < -0.4 is 16.2 Å². The molecule has 10 nitrogen and oxygen atoms in total. The van der Waals surface area contributed by atoms with Crippen molar-refractivity contribution >= 4 is 18.2 Å². The van der Waals surface area contributed by atoms with Gasteiger partial charge in [-0.1, -0.05) is 48.5 Å². The molecule has 5 N–H and O–H groups in total. The van der Waals surface area contributed by atoms with Crippen LogP contribution in [0.4, 0.5) is 9.59 Å². The highest BCUT2D eigenvalue weighted by Gasteiger charge is 2.29. The van der Waals surface area contributed by atoms with Crippen LogP contribution in [0.5, 0.6) is 0 Å². The van der Waals surface area contributed by atoms with Crippen LogP contribution in [0.25, 0.3) is 11.1 Å². The van der Waals surface area contributed by atoms with Gasteiger partial charge in [-0.2, -0.15) is 0 Å². The molecule has 0 spiro atoms. The number of hydrogen-bond acceptors (Lipinski definition) is 7. The third-order valence-corrected chi connectivity index (χ3v) is 5.66. The van der Waals surface area contributed by atoms with Crippen molar-refractivity contribution < 1.29 is 34.1 Å². The van der Waals surface area contributed by atoms with E-state index in [9.17, 15) is 24.6 Å². The first-order chi connectivity index (χ1) is 17.0. The smallest absolute Gasteiger partial charge is 0.421 e. The number of ether oxygens (including phenoxy) is 2. The number of aliphatic hydroxyl groups is 1. The van der Waals surface area contributed by atoms with Gasteiger partial charge in [0, 0.05) is 12.5 Å². The summed E-state index contributed by atoms with van der Waals surface area (Å²) in [4.78, 5) is 35.5. The van der Waals surface area contributed by atoms with Crippen molar-refractivity contribution in [1.29, 1.82) is 0 Å². The number of fused-ring (bicyclic) bond motifs is 3. The Morgan fingerprint density at radius 3 is 2.08 bits per heavy atom. The van der Waals surface area contributed by atoms with E-state index in [2.05, 4.69) is 16.2 Å². The fourth-order valence-corrected chi connectivity index (χ4v) is 4.01. The van der Waals surface area contributed by atoms with Gasteiger partial charge in [0.1, 0.15) is 18.2 Å². The number of rotatable bonds is 10. The summed E-state index contributed by atoms with van der Waals surface area (Å²) in [6.45, 7) is 5.15. The average molecular weight is 500 g/mol. The van der Waals surface area contributed by atoms with Gasteiger partial charge in [-0.15, -0.1) is 0 Å². The lowest BCUT2D eigenvalue weighted by atomic mass is 9.98. The zero-order valence-electron chi connectivity index (χ0n) is 20.6. The molecule has 10 heteroatoms. The number of aliphatic carboxylic acids is 1. The zero-order chi connectivity index (χ0) is 26.3. The quantitative estimate of drug-likeness (QED) is 0.313. The molecule has 1 aliphatic carbocycles. The molecule has 3 rings (SSSR count). The second-order valence-corrected chi connectivity index (χ2v) is 9.60. The number of benzene rings is 2. The van der Waals surface area contributed by atoms with E-state index in [0.717, 1.165) is 22.3 Å². The number of carbonyl (C=O) groups is 3. The van der Waals surface area contributed by atoms with E-state index in [1.165, 1.54) is 0 Å². The standard InChI is InChI=1S/C26H33N3O7/c1-26(2,3)36-24(33)27-14-16(30)12-13-22(23(31)32)28-29-25(34)35-15-21-19-10-6-4-8-17(19)18-9-5-7-11-20(18)21/h4-11,16,21-22,28,30H,12-15H2,1-3H3,(H,27,33)(H,29,34)(H,31,32)/t16-,22+/m1/s1. The summed E-state index contributed by atoms with van der Waals surface area (Å²) >= 11 is 0. The van der Waals surface area contributed by atoms with E-state index < -0.39 is 35.9 Å². The molecule has 0 radical (unpaired) electrons. The summed E-state index contributed by atoms with van der Waals surface area (Å²) in [7, 11) is 0. The molecule has 0 saturated carbocycles. The van der Waals surface area contributed by atoms with Crippen molar-refractivity contribution in [1.82, 2.24) is 16.2 Å². The maximum atomic E-state index is 12.3. The first kappa shape index (κ1) is 27.0. The van der Waals surface area contributed by atoms with Gasteiger partial charge in [0.05, 0.1) is 6.10 Å². The molecule has 0 saturated heterocycles. The summed E-state index contributed by atoms with van der Waals surface area (Å²) in [5.41, 5.74) is 8.38. The predicted molar refractivity (Wildman–Crippen MR) is 132 cm³/mol. The maximum Gasteiger partial charge on any atom is 0.421 e. The lowest BCUT2D eigenvalue weighted by Crippen LogP contribution is -2.49. The average Bonchev–Trinajstić information content (AvgIpc) is 3.14. The van der Waals surface area contributed by atoms with Crippen molar-refractivity contribution in [2.45, 2.75) is 57.3 Å². The normalized spacial score (nSPS) is 14.2. The van der Waals surface area contributed by atoms with Crippen molar-refractivity contribution in [3.63, 3.8) is 0 Å². The molecule has 36 heavy (non-hydrogen) atoms. The van der Waals surface area contributed by atoms with Gasteiger partial charge in [0.2, 0.25) is 0 Å². The Hall–Kier alpha value is -3.63. The van der Waals surface area contributed by atoms with E-state index in [1.807, 2.05) is 48.5 Å². The lowest BCUT2D eigenvalue weighted by molar-refractivity contribution is -0.140. The number of hydrazine groups is 1. The minimum atomic E-state index is -1.21. The van der Waals surface area contributed by atoms with E-state index in [-0.39, 0.29) is 31.9 Å². The molecule has 0 aromatic heterocycles. The molecule has 0 bridgehead atoms. The molecule has 2 aromatic rings. The highest BCUT2D eigenvalue weighted by atomic mass is 16.6. The van der Waals surface area contributed by atoms with Crippen LogP contribution >= 0.6 is 0 Å². The molecule has 0 unspecified atom stereocenters. The Morgan fingerprint density at radius 1 is 0.944 bits per heavy atom. The van der Waals surface area contributed by atoms with Gasteiger partial charge < -0.3 is 25.0 Å². The second kappa shape index (κ2) is 11.9. The van der Waals surface area contributed by atoms with Crippen LogP contribution in [-0.2, 0) is 14.3 Å². The summed E-state index contributed by atoms with van der Waals surface area (Å²) in [5, 5.41) is 21.9. The van der Waals surface area contributed by atoms with Gasteiger partial charge >= 0.3 is 18.2 Å². The van der Waals surface area contributed by atoms with Crippen LogP contribution in [-0.4, -0.2) is 59.3 Å². The molecular weight excluding hydrogens is 466 g/mol. The fourth-order valence-electron chi connectivity index (χ4n) is 4.01. The molecule has 0 aliphatic heterocycles. The minimum absolute atomic E-state index is 0.00382. The third kappa shape index (κ3) is 7.43. The summed E-state index contributed by atoms with van der Waals surface area (Å²) in [6, 6.07) is 14.7. The Kier molecular flexibility index (Phi) is 8.89. The third-order valence-electron chi connectivity index (χ3n) is 5.66.